The Hall–Kier alpha value is -0.370. The first-order valence-electron chi connectivity index (χ1n) is 5.25. The lowest BCUT2D eigenvalue weighted by Crippen LogP contribution is -2.36. The van der Waals surface area contributed by atoms with Gasteiger partial charge in [0.15, 0.2) is 4.67 Å². The fourth-order valence-electron chi connectivity index (χ4n) is 1.59. The van der Waals surface area contributed by atoms with Gasteiger partial charge in [-0.1, -0.05) is 6.92 Å². The summed E-state index contributed by atoms with van der Waals surface area (Å²) in [6.07, 6.45) is 0. The van der Waals surface area contributed by atoms with Crippen LogP contribution in [0.2, 0.25) is 0 Å². The van der Waals surface area contributed by atoms with Gasteiger partial charge in [-0.25, -0.2) is 8.42 Å². The van der Waals surface area contributed by atoms with Gasteiger partial charge >= 0.3 is 0 Å². The number of furan rings is 1. The van der Waals surface area contributed by atoms with Crippen molar-refractivity contribution in [1.29, 1.82) is 0 Å². The molecule has 7 heteroatoms. The molecule has 0 amide bonds. The minimum atomic E-state index is -3.59. The molecule has 1 N–H and O–H groups in total. The fourth-order valence-corrected chi connectivity index (χ4v) is 4.20. The molecule has 0 spiro atoms. The van der Waals surface area contributed by atoms with Gasteiger partial charge in [0.05, 0.1) is 0 Å². The maximum atomic E-state index is 12.3. The van der Waals surface area contributed by atoms with Crippen LogP contribution in [0.15, 0.2) is 20.0 Å². The van der Waals surface area contributed by atoms with Gasteiger partial charge in [0.25, 0.3) is 0 Å². The molecule has 1 rings (SSSR count). The van der Waals surface area contributed by atoms with Gasteiger partial charge in [0.2, 0.25) is 10.0 Å². The molecular weight excluding hydrogens is 310 g/mol. The highest BCUT2D eigenvalue weighted by atomic mass is 79.9. The molecule has 0 unspecified atom stereocenters. The van der Waals surface area contributed by atoms with Gasteiger partial charge in [-0.05, 0) is 29.8 Å². The van der Waals surface area contributed by atoms with Gasteiger partial charge in [-0.3, -0.25) is 0 Å². The second kappa shape index (κ2) is 5.51. The molecule has 0 saturated carbocycles. The van der Waals surface area contributed by atoms with Crippen LogP contribution in [0.1, 0.15) is 26.5 Å². The van der Waals surface area contributed by atoms with Crippen LogP contribution in [0.25, 0.3) is 0 Å². The highest BCUT2D eigenvalue weighted by Crippen LogP contribution is 2.29. The number of aliphatic hydroxyl groups is 1. The van der Waals surface area contributed by atoms with E-state index >= 15 is 0 Å². The van der Waals surface area contributed by atoms with Crippen LogP contribution < -0.4 is 0 Å². The van der Waals surface area contributed by atoms with Gasteiger partial charge < -0.3 is 9.52 Å². The number of aliphatic hydroxyl groups excluding tert-OH is 1. The molecule has 5 nitrogen and oxygen atoms in total. The molecule has 0 bridgehead atoms. The van der Waals surface area contributed by atoms with Gasteiger partial charge in [-0.2, -0.15) is 4.31 Å². The molecule has 0 saturated heterocycles. The Morgan fingerprint density at radius 1 is 1.53 bits per heavy atom. The third kappa shape index (κ3) is 2.90. The fraction of sp³-hybridized carbons (Fsp3) is 0.600. The predicted molar refractivity (Wildman–Crippen MR) is 67.0 cm³/mol. The molecular formula is C10H16BrNO4S. The maximum absolute atomic E-state index is 12.3. The molecule has 1 aromatic rings. The Balaban J connectivity index is 3.24. The van der Waals surface area contributed by atoms with Crippen LogP contribution >= 0.6 is 15.9 Å². The summed E-state index contributed by atoms with van der Waals surface area (Å²) >= 11 is 3.06. The van der Waals surface area contributed by atoms with Gasteiger partial charge in [0.1, 0.15) is 17.3 Å². The minimum Gasteiger partial charge on any atom is -0.450 e. The standard InChI is InChI=1S/C10H16BrNO4S/c1-4-12(7(2)3)17(14,15)9-5-8(6-13)16-10(9)11/h5,7,13H,4,6H2,1-3H3. The summed E-state index contributed by atoms with van der Waals surface area (Å²) in [4.78, 5) is 0.0529. The van der Waals surface area contributed by atoms with Crippen LogP contribution in [0.3, 0.4) is 0 Å². The monoisotopic (exact) mass is 325 g/mol. The van der Waals surface area contributed by atoms with Crippen LogP contribution in [-0.2, 0) is 16.6 Å². The number of nitrogens with zero attached hydrogens (tertiary/aromatic N) is 1. The zero-order chi connectivity index (χ0) is 13.2. The first-order valence-corrected chi connectivity index (χ1v) is 7.48. The average molecular weight is 326 g/mol. The average Bonchev–Trinajstić information content (AvgIpc) is 2.60. The van der Waals surface area contributed by atoms with E-state index in [2.05, 4.69) is 15.9 Å². The number of sulfonamides is 1. The van der Waals surface area contributed by atoms with Crippen LogP contribution in [-0.4, -0.2) is 30.4 Å². The zero-order valence-electron chi connectivity index (χ0n) is 9.97. The number of halogens is 1. The van der Waals surface area contributed by atoms with Crippen molar-refractivity contribution in [2.24, 2.45) is 0 Å². The van der Waals surface area contributed by atoms with E-state index in [1.807, 2.05) is 13.8 Å². The Labute approximate surface area is 110 Å². The highest BCUT2D eigenvalue weighted by Gasteiger charge is 2.30. The third-order valence-corrected chi connectivity index (χ3v) is 5.34. The second-order valence-corrected chi connectivity index (χ2v) is 6.39. The SMILES string of the molecule is CCN(C(C)C)S(=O)(=O)c1cc(CO)oc1Br. The molecule has 1 heterocycles. The van der Waals surface area contributed by atoms with Crippen LogP contribution in [0.4, 0.5) is 0 Å². The predicted octanol–water partition coefficient (Wildman–Crippen LogP) is 1.95. The Morgan fingerprint density at radius 3 is 2.47 bits per heavy atom. The summed E-state index contributed by atoms with van der Waals surface area (Å²) in [7, 11) is -3.59. The lowest BCUT2D eigenvalue weighted by Gasteiger charge is -2.23. The molecule has 17 heavy (non-hydrogen) atoms. The van der Waals surface area contributed by atoms with Crippen molar-refractivity contribution in [1.82, 2.24) is 4.31 Å². The molecule has 0 aromatic carbocycles. The normalized spacial score (nSPS) is 12.6. The first kappa shape index (κ1) is 14.7. The van der Waals surface area contributed by atoms with Crippen molar-refractivity contribution in [3.05, 3.63) is 16.5 Å². The van der Waals surface area contributed by atoms with Crippen molar-refractivity contribution in [2.75, 3.05) is 6.54 Å². The van der Waals surface area contributed by atoms with E-state index in [4.69, 9.17) is 9.52 Å². The summed E-state index contributed by atoms with van der Waals surface area (Å²) in [6, 6.07) is 1.20. The van der Waals surface area contributed by atoms with Crippen molar-refractivity contribution in [3.8, 4) is 0 Å². The van der Waals surface area contributed by atoms with Crippen LogP contribution in [0.5, 0.6) is 0 Å². The molecule has 0 radical (unpaired) electrons. The van der Waals surface area contributed by atoms with E-state index < -0.39 is 10.0 Å². The summed E-state index contributed by atoms with van der Waals surface area (Å²) in [5.74, 6) is 0.218. The van der Waals surface area contributed by atoms with E-state index in [0.717, 1.165) is 0 Å². The van der Waals surface area contributed by atoms with E-state index in [1.54, 1.807) is 6.92 Å². The second-order valence-electron chi connectivity index (χ2n) is 3.81. The quantitative estimate of drug-likeness (QED) is 0.898. The lowest BCUT2D eigenvalue weighted by molar-refractivity contribution is 0.245. The Morgan fingerprint density at radius 2 is 2.12 bits per heavy atom. The van der Waals surface area contributed by atoms with Crippen molar-refractivity contribution in [2.45, 2.75) is 38.3 Å². The smallest absolute Gasteiger partial charge is 0.247 e. The summed E-state index contributed by atoms with van der Waals surface area (Å²) in [6.45, 7) is 5.44. The molecule has 0 fully saturated rings. The number of hydrogen-bond donors (Lipinski definition) is 1. The molecule has 1 aromatic heterocycles. The Kier molecular flexibility index (Phi) is 4.77. The van der Waals surface area contributed by atoms with E-state index in [-0.39, 0.29) is 28.0 Å². The minimum absolute atomic E-state index is 0.0529. The van der Waals surface area contributed by atoms with Gasteiger partial charge in [-0.15, -0.1) is 0 Å². The third-order valence-electron chi connectivity index (χ3n) is 2.34. The summed E-state index contributed by atoms with van der Waals surface area (Å²) in [5, 5.41) is 8.92. The lowest BCUT2D eigenvalue weighted by atomic mass is 10.4. The largest absolute Gasteiger partial charge is 0.450 e. The van der Waals surface area contributed by atoms with E-state index in [9.17, 15) is 8.42 Å². The van der Waals surface area contributed by atoms with E-state index in [0.29, 0.717) is 6.54 Å². The van der Waals surface area contributed by atoms with Crippen molar-refractivity contribution in [3.63, 3.8) is 0 Å². The highest BCUT2D eigenvalue weighted by molar-refractivity contribution is 9.10. The summed E-state index contributed by atoms with van der Waals surface area (Å²) < 4.78 is 31.2. The van der Waals surface area contributed by atoms with Gasteiger partial charge in [0, 0.05) is 18.7 Å². The molecule has 0 atom stereocenters. The molecule has 0 aliphatic rings. The topological polar surface area (TPSA) is 70.8 Å². The van der Waals surface area contributed by atoms with Crippen molar-refractivity contribution >= 4 is 26.0 Å². The number of rotatable bonds is 5. The summed E-state index contributed by atoms with van der Waals surface area (Å²) in [5.41, 5.74) is 0. The molecule has 98 valence electrons. The van der Waals surface area contributed by atoms with Crippen molar-refractivity contribution < 1.29 is 17.9 Å². The molecule has 0 aliphatic heterocycles. The number of hydrogen-bond acceptors (Lipinski definition) is 4. The molecule has 0 aliphatic carbocycles. The zero-order valence-corrected chi connectivity index (χ0v) is 12.4. The van der Waals surface area contributed by atoms with Crippen LogP contribution in [0, 0.1) is 0 Å². The maximum Gasteiger partial charge on any atom is 0.247 e. The first-order chi connectivity index (χ1) is 7.84. The van der Waals surface area contributed by atoms with E-state index in [1.165, 1.54) is 10.4 Å². The Bertz CT molecular complexity index is 480.